The number of anilines is 1. The molecule has 1 fully saturated rings. The maximum absolute atomic E-state index is 13.0. The molecule has 2 aliphatic rings. The number of aliphatic imine (C=N–C) groups is 1. The minimum atomic E-state index is -0.652. The first kappa shape index (κ1) is 21.8. The number of likely N-dealkylation sites (tertiary alicyclic amines) is 1. The van der Waals surface area contributed by atoms with E-state index in [1.54, 1.807) is 14.0 Å². The Morgan fingerprint density at radius 3 is 2.56 bits per heavy atom. The smallest absolute Gasteiger partial charge is 0.288 e. The van der Waals surface area contributed by atoms with Gasteiger partial charge in [-0.2, -0.15) is 0 Å². The Bertz CT molecular complexity index is 988. The van der Waals surface area contributed by atoms with Gasteiger partial charge in [0.05, 0.1) is 18.8 Å². The number of rotatable bonds is 7. The summed E-state index contributed by atoms with van der Waals surface area (Å²) in [7, 11) is 1.66. The van der Waals surface area contributed by atoms with Gasteiger partial charge in [-0.25, -0.2) is 10.0 Å². The number of nitrogens with zero attached hydrogens (tertiary/aromatic N) is 3. The lowest BCUT2D eigenvalue weighted by atomic mass is 10.0. The molecule has 8 heteroatoms. The molecule has 2 aliphatic heterocycles. The van der Waals surface area contributed by atoms with Gasteiger partial charge in [0, 0.05) is 12.1 Å². The van der Waals surface area contributed by atoms with Crippen LogP contribution in [0.3, 0.4) is 0 Å². The van der Waals surface area contributed by atoms with Gasteiger partial charge in [-0.05, 0) is 51.1 Å². The van der Waals surface area contributed by atoms with Crippen molar-refractivity contribution >= 4 is 23.3 Å². The highest BCUT2D eigenvalue weighted by Gasteiger charge is 2.32. The number of carbonyl (C=O) groups excluding carboxylic acids is 2. The molecule has 2 unspecified atom stereocenters. The van der Waals surface area contributed by atoms with E-state index in [2.05, 4.69) is 20.6 Å². The van der Waals surface area contributed by atoms with Gasteiger partial charge < -0.3 is 10.1 Å². The van der Waals surface area contributed by atoms with E-state index in [-0.39, 0.29) is 23.7 Å². The third-order valence-electron chi connectivity index (χ3n) is 5.88. The van der Waals surface area contributed by atoms with Crippen LogP contribution in [0.25, 0.3) is 0 Å². The number of para-hydroxylation sites is 2. The number of hydrazine groups is 1. The van der Waals surface area contributed by atoms with Crippen molar-refractivity contribution in [1.29, 1.82) is 0 Å². The molecule has 0 bridgehead atoms. The number of amidine groups is 1. The molecule has 2 heterocycles. The summed E-state index contributed by atoms with van der Waals surface area (Å²) in [5.41, 5.74) is 4.60. The lowest BCUT2D eigenvalue weighted by Gasteiger charge is -2.32. The summed E-state index contributed by atoms with van der Waals surface area (Å²) in [6.45, 7) is 4.05. The summed E-state index contributed by atoms with van der Waals surface area (Å²) in [6.07, 6.45) is 2.28. The molecule has 8 nitrogen and oxygen atoms in total. The van der Waals surface area contributed by atoms with E-state index in [1.807, 2.05) is 54.6 Å². The van der Waals surface area contributed by atoms with Gasteiger partial charge in [0.25, 0.3) is 11.8 Å². The van der Waals surface area contributed by atoms with Crippen LogP contribution in [0.15, 0.2) is 59.6 Å². The zero-order chi connectivity index (χ0) is 22.5. The first-order valence-corrected chi connectivity index (χ1v) is 11.0. The van der Waals surface area contributed by atoms with Crippen LogP contribution < -0.4 is 20.5 Å². The topological polar surface area (TPSA) is 86.3 Å². The van der Waals surface area contributed by atoms with Gasteiger partial charge in [0.2, 0.25) is 5.84 Å². The molecule has 0 saturated carbocycles. The molecule has 0 aliphatic carbocycles. The summed E-state index contributed by atoms with van der Waals surface area (Å²) in [6, 6.07) is 16.4. The van der Waals surface area contributed by atoms with Crippen LogP contribution in [0.5, 0.6) is 5.75 Å². The predicted molar refractivity (Wildman–Crippen MR) is 124 cm³/mol. The van der Waals surface area contributed by atoms with Crippen molar-refractivity contribution in [3.63, 3.8) is 0 Å². The quantitative estimate of drug-likeness (QED) is 0.697. The van der Waals surface area contributed by atoms with Crippen LogP contribution in [0.4, 0.5) is 5.69 Å². The highest BCUT2D eigenvalue weighted by Crippen LogP contribution is 2.31. The second-order valence-corrected chi connectivity index (χ2v) is 7.99. The number of benzene rings is 2. The van der Waals surface area contributed by atoms with E-state index < -0.39 is 6.04 Å². The van der Waals surface area contributed by atoms with Crippen molar-refractivity contribution in [3.05, 3.63) is 60.2 Å². The monoisotopic (exact) mass is 435 g/mol. The normalized spacial score (nSPS) is 19.8. The second kappa shape index (κ2) is 9.82. The van der Waals surface area contributed by atoms with Crippen molar-refractivity contribution in [1.82, 2.24) is 15.6 Å². The Kier molecular flexibility index (Phi) is 6.70. The number of hydrogen-bond acceptors (Lipinski definition) is 6. The number of nitrogens with one attached hydrogen (secondary N) is 2. The average molecular weight is 436 g/mol. The van der Waals surface area contributed by atoms with Crippen LogP contribution in [0.1, 0.15) is 31.4 Å². The molecular formula is C24H29N5O3. The lowest BCUT2D eigenvalue weighted by Crippen LogP contribution is -2.58. The minimum absolute atomic E-state index is 0.00827. The van der Waals surface area contributed by atoms with E-state index in [9.17, 15) is 9.59 Å². The third-order valence-corrected chi connectivity index (χ3v) is 5.88. The molecule has 2 aromatic carbocycles. The fourth-order valence-electron chi connectivity index (χ4n) is 4.21. The van der Waals surface area contributed by atoms with Crippen LogP contribution >= 0.6 is 0 Å². The average Bonchev–Trinajstić information content (AvgIpc) is 3.36. The van der Waals surface area contributed by atoms with Gasteiger partial charge in [0.1, 0.15) is 11.8 Å². The number of ether oxygens (including phenoxy) is 1. The Morgan fingerprint density at radius 1 is 1.16 bits per heavy atom. The fraction of sp³-hybridized carbons (Fsp3) is 0.375. The number of hydrogen-bond donors (Lipinski definition) is 2. The molecule has 0 radical (unpaired) electrons. The van der Waals surface area contributed by atoms with Crippen LogP contribution in [0, 0.1) is 0 Å². The van der Waals surface area contributed by atoms with E-state index in [4.69, 9.17) is 4.74 Å². The molecule has 2 atom stereocenters. The highest BCUT2D eigenvalue weighted by atomic mass is 16.5. The number of amides is 2. The van der Waals surface area contributed by atoms with Gasteiger partial charge in [-0.1, -0.05) is 36.4 Å². The molecule has 4 rings (SSSR count). The summed E-state index contributed by atoms with van der Waals surface area (Å²) in [5.74, 6) is 0.378. The first-order chi connectivity index (χ1) is 15.6. The number of carbonyl (C=O) groups is 2. The fourth-order valence-corrected chi connectivity index (χ4v) is 4.21. The van der Waals surface area contributed by atoms with E-state index in [0.29, 0.717) is 12.2 Å². The van der Waals surface area contributed by atoms with E-state index in [1.165, 1.54) is 5.01 Å². The molecule has 1 saturated heterocycles. The summed E-state index contributed by atoms with van der Waals surface area (Å²) < 4.78 is 5.58. The van der Waals surface area contributed by atoms with Crippen LogP contribution in [0.2, 0.25) is 0 Å². The van der Waals surface area contributed by atoms with Gasteiger partial charge in [-0.3, -0.25) is 19.9 Å². The Morgan fingerprint density at radius 2 is 1.84 bits per heavy atom. The molecular weight excluding hydrogens is 406 g/mol. The van der Waals surface area contributed by atoms with Gasteiger partial charge in [0.15, 0.2) is 0 Å². The van der Waals surface area contributed by atoms with Crippen LogP contribution in [-0.4, -0.2) is 55.3 Å². The molecule has 0 aromatic heterocycles. The van der Waals surface area contributed by atoms with Crippen molar-refractivity contribution < 1.29 is 14.3 Å². The molecule has 2 amide bonds. The molecule has 32 heavy (non-hydrogen) atoms. The van der Waals surface area contributed by atoms with Gasteiger partial charge >= 0.3 is 0 Å². The van der Waals surface area contributed by atoms with Gasteiger partial charge in [-0.15, -0.1) is 0 Å². The first-order valence-electron chi connectivity index (χ1n) is 11.0. The van der Waals surface area contributed by atoms with E-state index in [0.717, 1.165) is 37.2 Å². The maximum atomic E-state index is 13.0. The summed E-state index contributed by atoms with van der Waals surface area (Å²) in [5, 5.41) is 4.40. The van der Waals surface area contributed by atoms with E-state index >= 15 is 0 Å². The zero-order valence-electron chi connectivity index (χ0n) is 18.5. The largest absolute Gasteiger partial charge is 0.496 e. The SMILES string of the molecule is COc1ccccc1C(CNC(=O)C1=NC(C)C(=O)N(c2ccccc2)N1)N1CCCC1. The predicted octanol–water partition coefficient (Wildman–Crippen LogP) is 2.29. The summed E-state index contributed by atoms with van der Waals surface area (Å²) >= 11 is 0. The third kappa shape index (κ3) is 4.60. The number of methoxy groups -OCH3 is 1. The zero-order valence-corrected chi connectivity index (χ0v) is 18.5. The van der Waals surface area contributed by atoms with Crippen molar-refractivity contribution in [2.75, 3.05) is 31.8 Å². The Balaban J connectivity index is 1.50. The standard InChI is InChI=1S/C24H29N5O3/c1-17-24(31)29(18-10-4-3-5-11-18)27-22(26-17)23(30)25-16-20(28-14-8-9-15-28)19-12-6-7-13-21(19)32-2/h3-7,10-13,17,20H,8-9,14-16H2,1-2H3,(H,25,30)(H,26,27). The van der Waals surface area contributed by atoms with Crippen molar-refractivity contribution in [2.24, 2.45) is 4.99 Å². The van der Waals surface area contributed by atoms with Crippen molar-refractivity contribution in [3.8, 4) is 5.75 Å². The lowest BCUT2D eigenvalue weighted by molar-refractivity contribution is -0.120. The van der Waals surface area contributed by atoms with Crippen LogP contribution in [-0.2, 0) is 9.59 Å². The Labute approximate surface area is 188 Å². The highest BCUT2D eigenvalue weighted by molar-refractivity contribution is 6.39. The van der Waals surface area contributed by atoms with Crippen molar-refractivity contribution in [2.45, 2.75) is 31.8 Å². The molecule has 0 spiro atoms. The Hall–Kier alpha value is -3.39. The molecule has 2 aromatic rings. The molecule has 168 valence electrons. The molecule has 2 N–H and O–H groups in total. The minimum Gasteiger partial charge on any atom is -0.496 e. The second-order valence-electron chi connectivity index (χ2n) is 7.99. The maximum Gasteiger partial charge on any atom is 0.288 e. The summed E-state index contributed by atoms with van der Waals surface area (Å²) in [4.78, 5) is 32.3.